The van der Waals surface area contributed by atoms with Gasteiger partial charge in [-0.3, -0.25) is 62.5 Å². The monoisotopic (exact) mass is 1410 g/mol. The van der Waals surface area contributed by atoms with Crippen molar-refractivity contribution in [1.29, 1.82) is 0 Å². The predicted molar refractivity (Wildman–Crippen MR) is 360 cm³/mol. The van der Waals surface area contributed by atoms with Gasteiger partial charge in [-0.25, -0.2) is 24.5 Å². The molecule has 532 valence electrons. The minimum absolute atomic E-state index is 0.0311. The van der Waals surface area contributed by atoms with Crippen molar-refractivity contribution in [2.24, 2.45) is 5.10 Å². The Bertz CT molecular complexity index is 4410. The fraction of sp³-hybridized carbons (Fsp3) is 0.306. The van der Waals surface area contributed by atoms with Gasteiger partial charge in [-0.15, -0.1) is 0 Å². The van der Waals surface area contributed by atoms with Crippen molar-refractivity contribution in [3.63, 3.8) is 0 Å². The Morgan fingerprint density at radius 2 is 1.09 bits per heavy atom. The number of anilines is 3. The van der Waals surface area contributed by atoms with E-state index < -0.39 is 143 Å². The van der Waals surface area contributed by atoms with Crippen LogP contribution >= 0.6 is 0 Å². The van der Waals surface area contributed by atoms with E-state index in [-0.39, 0.29) is 40.9 Å². The highest BCUT2D eigenvalue weighted by Gasteiger charge is 2.30. The van der Waals surface area contributed by atoms with E-state index >= 15 is 0 Å². The fourth-order valence-electron chi connectivity index (χ4n) is 9.76. The second kappa shape index (κ2) is 36.1. The smallest absolute Gasteiger partial charge is 0.328 e. The van der Waals surface area contributed by atoms with Crippen LogP contribution in [0.5, 0.6) is 0 Å². The normalized spacial score (nSPS) is 12.4. The van der Waals surface area contributed by atoms with Gasteiger partial charge in [0.15, 0.2) is 11.9 Å². The summed E-state index contributed by atoms with van der Waals surface area (Å²) in [7, 11) is -3.28. The molecule has 0 radical (unpaired) electrons. The second-order valence-electron chi connectivity index (χ2n) is 22.2. The summed E-state index contributed by atoms with van der Waals surface area (Å²) in [4.78, 5) is 163. The lowest BCUT2D eigenvalue weighted by molar-refractivity contribution is -0.142. The van der Waals surface area contributed by atoms with Gasteiger partial charge in [0.05, 0.1) is 48.3 Å². The lowest BCUT2D eigenvalue weighted by Gasteiger charge is -2.23. The molecule has 0 fully saturated rings. The quantitative estimate of drug-likeness (QED) is 0.00955. The van der Waals surface area contributed by atoms with Crippen LogP contribution in [0.2, 0.25) is 0 Å². The third kappa shape index (κ3) is 22.4. The van der Waals surface area contributed by atoms with Crippen LogP contribution in [0.25, 0.3) is 21.8 Å². The first-order valence-electron chi connectivity index (χ1n) is 31.2. The van der Waals surface area contributed by atoms with Crippen LogP contribution in [0.15, 0.2) is 126 Å². The standard InChI is InChI=1S/C62H72N22O16S/c1-63-50(85)16-11-43(80-56(91)39-10-15-49(70-28-39)82-75-29-38-6-2-3-7-48(38)101(98,99)100)58(93)81-42(57(92)74-35-53(88)79-45(60(96)97)33-73-55(90)37-9-14-47-41(27-37)31-77-84(47)25-5-19-65-62-68-22-23-69-62)12-17-51(86)71-34-52(87)78-44(59(94)95)32-72-54(89)36-8-13-46-40(26-36)30-76-83(46)24-4-18-64-61-66-20-21-67-61/h2-3,6-10,13-15,20-23,26-31,42-45H,4-5,11-12,16-19,24-25,32-35H2,1H3,(H,63,85)(H,70,82)(H,71,86)(H,72,89)(H,73,90)(H,74,92)(H,78,87)(H,79,88)(H,80,91)(H,81,93)(H,94,95)(H,96,97)(H2,64,66,67)(H2,65,68,69)(H,98,99,100)/b75-29+/t42?,43?,44-,45-/m0/s1. The zero-order chi connectivity index (χ0) is 72.4. The molecular weight excluding hydrogens is 1340 g/mol. The summed E-state index contributed by atoms with van der Waals surface area (Å²) in [5, 5.41) is 61.4. The van der Waals surface area contributed by atoms with Gasteiger partial charge in [0, 0.05) is 118 Å². The molecule has 0 aliphatic carbocycles. The number of hydrazone groups is 1. The summed E-state index contributed by atoms with van der Waals surface area (Å²) in [5.41, 5.74) is 4.22. The number of fused-ring (bicyclic) bond motifs is 2. The number of pyridine rings is 1. The zero-order valence-electron chi connectivity index (χ0n) is 53.9. The largest absolute Gasteiger partial charge is 0.480 e. The molecular formula is C62H72N22O16S. The van der Waals surface area contributed by atoms with Crippen LogP contribution in [0.1, 0.15) is 75.2 Å². The molecule has 101 heavy (non-hydrogen) atoms. The van der Waals surface area contributed by atoms with Crippen molar-refractivity contribution >= 4 is 121 Å². The Hall–Kier alpha value is -12.7. The molecule has 3 aromatic carbocycles. The van der Waals surface area contributed by atoms with Crippen molar-refractivity contribution in [3.05, 3.63) is 138 Å². The van der Waals surface area contributed by atoms with Gasteiger partial charge in [0.2, 0.25) is 35.4 Å². The number of amides is 9. The molecule has 39 heteroatoms. The number of carbonyl (C=O) groups excluding carboxylic acids is 9. The lowest BCUT2D eigenvalue weighted by Crippen LogP contribution is -2.55. The fourth-order valence-corrected chi connectivity index (χ4v) is 10.4. The van der Waals surface area contributed by atoms with Crippen LogP contribution in [0.3, 0.4) is 0 Å². The van der Waals surface area contributed by atoms with Gasteiger partial charge in [0.1, 0.15) is 34.9 Å². The molecule has 5 aromatic heterocycles. The third-order valence-corrected chi connectivity index (χ3v) is 15.9. The number of hydrogen-bond donors (Lipinski definition) is 17. The minimum Gasteiger partial charge on any atom is -0.480 e. The van der Waals surface area contributed by atoms with Crippen LogP contribution in [0, 0.1) is 0 Å². The SMILES string of the molecule is CNC(=O)CCC(NC(=O)c1ccc(N/N=C/c2ccccc2S(=O)(=O)O)nc1)C(=O)NC(CCC(=O)NCC(=O)N[C@@H](CNC(=O)c1ccc2c(cnn2CCCNc2ncc[nH]2)c1)C(=O)O)C(=O)NCC(=O)N[C@@H](CNC(=O)c1ccc2c(cnn2CCCNc2ncc[nH]2)c1)C(=O)O. The Morgan fingerprint density at radius 1 is 0.564 bits per heavy atom. The van der Waals surface area contributed by atoms with Crippen LogP contribution < -0.4 is 63.9 Å². The van der Waals surface area contributed by atoms with E-state index in [0.29, 0.717) is 61.7 Å². The van der Waals surface area contributed by atoms with Gasteiger partial charge in [-0.1, -0.05) is 18.2 Å². The number of carboxylic acids is 2. The van der Waals surface area contributed by atoms with Gasteiger partial charge < -0.3 is 78.7 Å². The molecule has 38 nitrogen and oxygen atoms in total. The number of imidazole rings is 2. The van der Waals surface area contributed by atoms with Crippen LogP contribution in [-0.4, -0.2) is 209 Å². The van der Waals surface area contributed by atoms with Crippen molar-refractivity contribution < 1.29 is 75.9 Å². The predicted octanol–water partition coefficient (Wildman–Crippen LogP) is -0.955. The number of nitrogens with one attached hydrogen (secondary N) is 14. The molecule has 0 saturated carbocycles. The van der Waals surface area contributed by atoms with E-state index in [9.17, 15) is 75.9 Å². The zero-order valence-corrected chi connectivity index (χ0v) is 54.7. The molecule has 2 unspecified atom stereocenters. The van der Waals surface area contributed by atoms with E-state index in [1.54, 1.807) is 70.8 Å². The van der Waals surface area contributed by atoms with Crippen molar-refractivity contribution in [2.75, 3.05) is 62.4 Å². The first-order valence-corrected chi connectivity index (χ1v) is 32.6. The van der Waals surface area contributed by atoms with Gasteiger partial charge >= 0.3 is 11.9 Å². The number of carbonyl (C=O) groups is 11. The molecule has 8 rings (SSSR count). The maximum Gasteiger partial charge on any atom is 0.328 e. The van der Waals surface area contributed by atoms with Crippen molar-refractivity contribution in [1.82, 2.24) is 92.3 Å². The number of aromatic amines is 2. The molecule has 5 heterocycles. The van der Waals surface area contributed by atoms with Crippen molar-refractivity contribution in [3.8, 4) is 0 Å². The topological polar surface area (TPSA) is 545 Å². The molecule has 0 aliphatic rings. The van der Waals surface area contributed by atoms with Gasteiger partial charge in [-0.2, -0.15) is 23.7 Å². The number of benzene rings is 3. The number of nitrogens with zero attached hydrogens (tertiary/aromatic N) is 8. The van der Waals surface area contributed by atoms with E-state index in [0.717, 1.165) is 29.5 Å². The number of aliphatic carboxylic acids is 2. The molecule has 0 spiro atoms. The van der Waals surface area contributed by atoms with E-state index in [1.165, 1.54) is 49.5 Å². The third-order valence-electron chi connectivity index (χ3n) is 15.0. The summed E-state index contributed by atoms with van der Waals surface area (Å²) in [6.07, 6.45) is 11.3. The maximum absolute atomic E-state index is 14.2. The summed E-state index contributed by atoms with van der Waals surface area (Å²) in [6.45, 7) is -0.686. The Labute approximate surface area is 573 Å². The van der Waals surface area contributed by atoms with E-state index in [2.05, 4.69) is 104 Å². The summed E-state index contributed by atoms with van der Waals surface area (Å²) >= 11 is 0. The molecule has 0 bridgehead atoms. The minimum atomic E-state index is -4.59. The second-order valence-corrected chi connectivity index (χ2v) is 23.6. The Balaban J connectivity index is 0.872. The molecule has 0 aliphatic heterocycles. The van der Waals surface area contributed by atoms with Crippen LogP contribution in [0.4, 0.5) is 17.7 Å². The summed E-state index contributed by atoms with van der Waals surface area (Å²) < 4.78 is 36.7. The maximum atomic E-state index is 14.2. The Morgan fingerprint density at radius 3 is 1.59 bits per heavy atom. The highest BCUT2D eigenvalue weighted by molar-refractivity contribution is 7.86. The number of aromatic nitrogens is 9. The first-order chi connectivity index (χ1) is 48.5. The first kappa shape index (κ1) is 74.1. The lowest BCUT2D eigenvalue weighted by atomic mass is 10.1. The average molecular weight is 1410 g/mol. The molecule has 0 saturated heterocycles. The Kier molecular flexibility index (Phi) is 26.5. The number of carboxylic acid groups (broad SMARTS) is 2. The van der Waals surface area contributed by atoms with Gasteiger partial charge in [-0.05, 0) is 80.3 Å². The number of hydrogen-bond acceptors (Lipinski definition) is 22. The summed E-state index contributed by atoms with van der Waals surface area (Å²) in [6, 6.07) is 10.7. The van der Waals surface area contributed by atoms with Crippen LogP contribution in [-0.2, 0) is 61.6 Å². The summed E-state index contributed by atoms with van der Waals surface area (Å²) in [5.74, 6) is -9.91. The number of H-pyrrole nitrogens is 2. The average Bonchev–Trinajstić information content (AvgIpc) is 1.69. The highest BCUT2D eigenvalue weighted by atomic mass is 32.2. The molecule has 4 atom stereocenters. The van der Waals surface area contributed by atoms with E-state index in [1.807, 2.05) is 0 Å². The van der Waals surface area contributed by atoms with Gasteiger partial charge in [0.25, 0.3) is 27.8 Å². The number of rotatable bonds is 39. The molecule has 9 amide bonds. The number of aryl methyl sites for hydroxylation is 2. The van der Waals surface area contributed by atoms with Crippen molar-refractivity contribution in [2.45, 2.75) is 80.7 Å². The molecule has 8 aromatic rings. The molecule has 17 N–H and O–H groups in total. The highest BCUT2D eigenvalue weighted by Crippen LogP contribution is 2.19. The van der Waals surface area contributed by atoms with E-state index in [4.69, 9.17) is 0 Å².